The van der Waals surface area contributed by atoms with Gasteiger partial charge in [-0.3, -0.25) is 9.59 Å². The van der Waals surface area contributed by atoms with Crippen LogP contribution in [0.2, 0.25) is 10.0 Å². The lowest BCUT2D eigenvalue weighted by molar-refractivity contribution is -0.116. The standard InChI is InChI=1S/C22H26Cl2N2O3S/c1-2-4-13-6-8-15-18(11-13)30-22(20(15)21(25)28)26-19(27)5-3-10-29-17-9-7-14(23)12-16(17)24/h7,9,12-13H,2-6,8,10-11H2,1H3,(H2,25,28)(H,26,27)/t13-/m1/s1. The lowest BCUT2D eigenvalue weighted by Crippen LogP contribution is -2.20. The summed E-state index contributed by atoms with van der Waals surface area (Å²) in [5.74, 6) is 0.539. The average Bonchev–Trinajstić information content (AvgIpc) is 3.04. The highest BCUT2D eigenvalue weighted by Gasteiger charge is 2.28. The van der Waals surface area contributed by atoms with Crippen molar-refractivity contribution in [2.75, 3.05) is 11.9 Å². The van der Waals surface area contributed by atoms with Crippen molar-refractivity contribution in [3.8, 4) is 5.75 Å². The Kier molecular flexibility index (Phi) is 8.03. The first-order valence-corrected chi connectivity index (χ1v) is 11.8. The fraction of sp³-hybridized carbons (Fsp3) is 0.455. The minimum absolute atomic E-state index is 0.160. The molecule has 0 radical (unpaired) electrons. The van der Waals surface area contributed by atoms with Crippen LogP contribution in [-0.4, -0.2) is 18.4 Å². The predicted octanol–water partition coefficient (Wildman–Crippen LogP) is 5.86. The van der Waals surface area contributed by atoms with E-state index in [1.54, 1.807) is 18.2 Å². The smallest absolute Gasteiger partial charge is 0.251 e. The molecule has 162 valence electrons. The minimum Gasteiger partial charge on any atom is -0.492 e. The Morgan fingerprint density at radius 1 is 1.33 bits per heavy atom. The number of nitrogens with one attached hydrogen (secondary N) is 1. The van der Waals surface area contributed by atoms with E-state index in [4.69, 9.17) is 33.7 Å². The Hall–Kier alpha value is -1.76. The number of primary amides is 1. The van der Waals surface area contributed by atoms with Gasteiger partial charge in [-0.2, -0.15) is 0 Å². The SMILES string of the molecule is CCC[C@@H]1CCc2c(sc(NC(=O)CCCOc3ccc(Cl)cc3Cl)c2C(N)=O)C1. The number of carbonyl (C=O) groups is 2. The van der Waals surface area contributed by atoms with Crippen LogP contribution in [0.15, 0.2) is 18.2 Å². The van der Waals surface area contributed by atoms with Crippen LogP contribution in [0.3, 0.4) is 0 Å². The predicted molar refractivity (Wildman–Crippen MR) is 123 cm³/mol. The highest BCUT2D eigenvalue weighted by atomic mass is 35.5. The van der Waals surface area contributed by atoms with E-state index in [-0.39, 0.29) is 12.3 Å². The van der Waals surface area contributed by atoms with Crippen LogP contribution in [0.1, 0.15) is 59.8 Å². The first kappa shape index (κ1) is 22.9. The Morgan fingerprint density at radius 3 is 2.83 bits per heavy atom. The first-order chi connectivity index (χ1) is 14.4. The summed E-state index contributed by atoms with van der Waals surface area (Å²) in [6, 6.07) is 5.01. The molecule has 0 saturated carbocycles. The molecule has 5 nitrogen and oxygen atoms in total. The van der Waals surface area contributed by atoms with Gasteiger partial charge in [0.15, 0.2) is 0 Å². The minimum atomic E-state index is -0.475. The molecule has 3 N–H and O–H groups in total. The van der Waals surface area contributed by atoms with Crippen molar-refractivity contribution in [3.63, 3.8) is 0 Å². The van der Waals surface area contributed by atoms with Gasteiger partial charge in [0, 0.05) is 16.3 Å². The van der Waals surface area contributed by atoms with Crippen molar-refractivity contribution in [1.82, 2.24) is 0 Å². The molecule has 8 heteroatoms. The van der Waals surface area contributed by atoms with E-state index in [9.17, 15) is 9.59 Å². The molecule has 0 aliphatic heterocycles. The van der Waals surface area contributed by atoms with Gasteiger partial charge in [-0.15, -0.1) is 11.3 Å². The topological polar surface area (TPSA) is 81.4 Å². The van der Waals surface area contributed by atoms with Gasteiger partial charge >= 0.3 is 0 Å². The quantitative estimate of drug-likeness (QED) is 0.452. The molecule has 1 aromatic carbocycles. The van der Waals surface area contributed by atoms with E-state index in [0.717, 1.165) is 31.2 Å². The molecule has 1 atom stereocenters. The Labute approximate surface area is 190 Å². The molecule has 3 rings (SSSR count). The van der Waals surface area contributed by atoms with Gasteiger partial charge in [-0.05, 0) is 55.4 Å². The number of hydrogen-bond acceptors (Lipinski definition) is 4. The maximum Gasteiger partial charge on any atom is 0.251 e. The molecule has 0 unspecified atom stereocenters. The normalized spacial score (nSPS) is 15.5. The van der Waals surface area contributed by atoms with Gasteiger partial charge in [0.1, 0.15) is 10.8 Å². The highest BCUT2D eigenvalue weighted by Crippen LogP contribution is 2.40. The van der Waals surface area contributed by atoms with E-state index in [0.29, 0.717) is 45.3 Å². The van der Waals surface area contributed by atoms with E-state index in [1.165, 1.54) is 22.6 Å². The number of hydrogen-bond donors (Lipinski definition) is 2. The molecule has 1 aromatic heterocycles. The number of thiophene rings is 1. The van der Waals surface area contributed by atoms with Crippen molar-refractivity contribution in [3.05, 3.63) is 44.2 Å². The van der Waals surface area contributed by atoms with Crippen LogP contribution in [0, 0.1) is 5.92 Å². The second-order valence-corrected chi connectivity index (χ2v) is 9.49. The van der Waals surface area contributed by atoms with Crippen LogP contribution >= 0.6 is 34.5 Å². The Bertz CT molecular complexity index is 929. The zero-order chi connectivity index (χ0) is 21.7. The maximum absolute atomic E-state index is 12.4. The van der Waals surface area contributed by atoms with Gasteiger partial charge < -0.3 is 15.8 Å². The largest absolute Gasteiger partial charge is 0.492 e. The summed E-state index contributed by atoms with van der Waals surface area (Å²) in [4.78, 5) is 25.7. The number of fused-ring (bicyclic) bond motifs is 1. The first-order valence-electron chi connectivity index (χ1n) is 10.2. The lowest BCUT2D eigenvalue weighted by Gasteiger charge is -2.21. The molecular weight excluding hydrogens is 443 g/mol. The number of nitrogens with two attached hydrogens (primary N) is 1. The third kappa shape index (κ3) is 5.68. The number of halogens is 2. The Morgan fingerprint density at radius 2 is 2.13 bits per heavy atom. The van der Waals surface area contributed by atoms with Gasteiger partial charge in [0.25, 0.3) is 5.91 Å². The van der Waals surface area contributed by atoms with Crippen molar-refractivity contribution in [1.29, 1.82) is 0 Å². The van der Waals surface area contributed by atoms with Gasteiger partial charge in [0.05, 0.1) is 17.2 Å². The summed E-state index contributed by atoms with van der Waals surface area (Å²) in [6.45, 7) is 2.53. The summed E-state index contributed by atoms with van der Waals surface area (Å²) in [5.41, 5.74) is 7.15. The van der Waals surface area contributed by atoms with E-state index in [2.05, 4.69) is 12.2 Å². The third-order valence-corrected chi connectivity index (χ3v) is 6.96. The summed E-state index contributed by atoms with van der Waals surface area (Å²) in [6.07, 6.45) is 5.99. The highest BCUT2D eigenvalue weighted by molar-refractivity contribution is 7.17. The average molecular weight is 469 g/mol. The molecule has 1 aliphatic carbocycles. The number of carbonyl (C=O) groups excluding carboxylic acids is 2. The van der Waals surface area contributed by atoms with Crippen LogP contribution < -0.4 is 15.8 Å². The lowest BCUT2D eigenvalue weighted by atomic mass is 9.84. The molecule has 2 amide bonds. The van der Waals surface area contributed by atoms with E-state index in [1.807, 2.05) is 0 Å². The number of anilines is 1. The van der Waals surface area contributed by atoms with Crippen LogP contribution in [0.25, 0.3) is 0 Å². The molecule has 2 aromatic rings. The van der Waals surface area contributed by atoms with Gasteiger partial charge in [-0.25, -0.2) is 0 Å². The van der Waals surface area contributed by atoms with Crippen molar-refractivity contribution in [2.24, 2.45) is 11.7 Å². The van der Waals surface area contributed by atoms with Crippen LogP contribution in [-0.2, 0) is 17.6 Å². The van der Waals surface area contributed by atoms with E-state index >= 15 is 0 Å². The summed E-state index contributed by atoms with van der Waals surface area (Å²) in [7, 11) is 0. The van der Waals surface area contributed by atoms with Crippen LogP contribution in [0.4, 0.5) is 5.00 Å². The molecule has 0 bridgehead atoms. The summed E-state index contributed by atoms with van der Waals surface area (Å²) in [5, 5.41) is 4.45. The molecule has 1 aliphatic rings. The number of benzene rings is 1. The Balaban J connectivity index is 1.56. The van der Waals surface area contributed by atoms with Gasteiger partial charge in [0.2, 0.25) is 5.91 Å². The molecular formula is C22H26Cl2N2O3S. The second kappa shape index (κ2) is 10.5. The van der Waals surface area contributed by atoms with Crippen molar-refractivity contribution >= 4 is 51.4 Å². The molecule has 1 heterocycles. The zero-order valence-corrected chi connectivity index (χ0v) is 19.3. The van der Waals surface area contributed by atoms with Crippen LogP contribution in [0.5, 0.6) is 5.75 Å². The molecule has 30 heavy (non-hydrogen) atoms. The number of ether oxygens (including phenoxy) is 1. The zero-order valence-electron chi connectivity index (χ0n) is 16.9. The maximum atomic E-state index is 12.4. The molecule has 0 fully saturated rings. The third-order valence-electron chi connectivity index (χ3n) is 5.26. The number of amides is 2. The summed E-state index contributed by atoms with van der Waals surface area (Å²) < 4.78 is 5.61. The van der Waals surface area contributed by atoms with Crippen molar-refractivity contribution < 1.29 is 14.3 Å². The fourth-order valence-corrected chi connectivity index (χ4v) is 5.70. The van der Waals surface area contributed by atoms with Crippen molar-refractivity contribution in [2.45, 2.75) is 51.9 Å². The van der Waals surface area contributed by atoms with E-state index < -0.39 is 5.91 Å². The summed E-state index contributed by atoms with van der Waals surface area (Å²) >= 11 is 13.4. The van der Waals surface area contributed by atoms with Gasteiger partial charge in [-0.1, -0.05) is 43.0 Å². The molecule has 0 saturated heterocycles. The number of rotatable bonds is 9. The monoisotopic (exact) mass is 468 g/mol. The molecule has 0 spiro atoms. The fourth-order valence-electron chi connectivity index (χ4n) is 3.85. The second-order valence-electron chi connectivity index (χ2n) is 7.54.